The Bertz CT molecular complexity index is 932. The van der Waals surface area contributed by atoms with E-state index < -0.39 is 0 Å². The monoisotopic (exact) mass is 381 g/mol. The Morgan fingerprint density at radius 2 is 1.93 bits per heavy atom. The van der Waals surface area contributed by atoms with Crippen LogP contribution in [0.3, 0.4) is 0 Å². The molecule has 0 saturated carbocycles. The molecule has 0 unspecified atom stereocenters. The number of methoxy groups -OCH3 is 1. The first kappa shape index (κ1) is 18.7. The molecule has 0 radical (unpaired) electrons. The second kappa shape index (κ2) is 8.56. The lowest BCUT2D eigenvalue weighted by Crippen LogP contribution is -2.19. The maximum Gasteiger partial charge on any atom is 0.255 e. The quantitative estimate of drug-likeness (QED) is 0.676. The van der Waals surface area contributed by atoms with Crippen LogP contribution in [0.2, 0.25) is 5.02 Å². The van der Waals surface area contributed by atoms with Crippen LogP contribution in [0.25, 0.3) is 0 Å². The van der Waals surface area contributed by atoms with E-state index in [-0.39, 0.29) is 5.91 Å². The Kier molecular flexibility index (Phi) is 5.94. The Morgan fingerprint density at radius 3 is 2.63 bits per heavy atom. The van der Waals surface area contributed by atoms with Crippen LogP contribution in [-0.4, -0.2) is 25.0 Å². The van der Waals surface area contributed by atoms with Gasteiger partial charge in [-0.3, -0.25) is 4.79 Å². The molecule has 27 heavy (non-hydrogen) atoms. The number of anilines is 2. The number of benzene rings is 2. The molecule has 0 bridgehead atoms. The second-order valence-electron chi connectivity index (χ2n) is 6.05. The van der Waals surface area contributed by atoms with Crippen LogP contribution in [0.5, 0.6) is 5.75 Å². The number of amides is 1. The van der Waals surface area contributed by atoms with Crippen molar-refractivity contribution in [1.29, 1.82) is 0 Å². The number of carbonyl (C=O) groups is 1. The number of hydrogen-bond acceptors (Lipinski definition) is 4. The molecule has 2 aromatic carbocycles. The van der Waals surface area contributed by atoms with Crippen molar-refractivity contribution < 1.29 is 9.53 Å². The van der Waals surface area contributed by atoms with Crippen molar-refractivity contribution in [1.82, 2.24) is 4.98 Å². The first-order valence-electron chi connectivity index (χ1n) is 8.43. The number of nitrogens with zero attached hydrogens (tertiary/aromatic N) is 2. The Morgan fingerprint density at radius 1 is 1.15 bits per heavy atom. The summed E-state index contributed by atoms with van der Waals surface area (Å²) in [7, 11) is 3.49. The zero-order chi connectivity index (χ0) is 19.2. The molecule has 1 N–H and O–H groups in total. The van der Waals surface area contributed by atoms with Crippen molar-refractivity contribution in [3.63, 3.8) is 0 Å². The standard InChI is InChI=1S/C21H20ClN3O2/c1-25(14-15-6-4-3-5-7-15)20-12-16(10-11-23-20)21(26)24-17-8-9-19(27-2)18(22)13-17/h3-13H,14H2,1-2H3,(H,24,26). The van der Waals surface area contributed by atoms with Gasteiger partial charge in [0.2, 0.25) is 0 Å². The van der Waals surface area contributed by atoms with Crippen LogP contribution in [0.15, 0.2) is 66.9 Å². The fourth-order valence-corrected chi connectivity index (χ4v) is 2.91. The summed E-state index contributed by atoms with van der Waals surface area (Å²) in [6.07, 6.45) is 1.63. The molecule has 0 spiro atoms. The van der Waals surface area contributed by atoms with Gasteiger partial charge in [-0.05, 0) is 35.9 Å². The first-order valence-corrected chi connectivity index (χ1v) is 8.80. The van der Waals surface area contributed by atoms with Gasteiger partial charge >= 0.3 is 0 Å². The van der Waals surface area contributed by atoms with Gasteiger partial charge in [0, 0.05) is 31.0 Å². The number of ether oxygens (including phenoxy) is 1. The number of halogens is 1. The number of carbonyl (C=O) groups excluding carboxylic acids is 1. The smallest absolute Gasteiger partial charge is 0.255 e. The summed E-state index contributed by atoms with van der Waals surface area (Å²) >= 11 is 6.11. The molecule has 0 fully saturated rings. The molecule has 5 nitrogen and oxygen atoms in total. The van der Waals surface area contributed by atoms with Crippen LogP contribution in [-0.2, 0) is 6.54 Å². The van der Waals surface area contributed by atoms with Gasteiger partial charge in [-0.2, -0.15) is 0 Å². The molecule has 0 aliphatic carbocycles. The maximum absolute atomic E-state index is 12.6. The lowest BCUT2D eigenvalue weighted by Gasteiger charge is -2.18. The summed E-state index contributed by atoms with van der Waals surface area (Å²) in [5.74, 6) is 1.05. The number of hydrogen-bond donors (Lipinski definition) is 1. The average Bonchev–Trinajstić information content (AvgIpc) is 2.69. The summed E-state index contributed by atoms with van der Waals surface area (Å²) in [6.45, 7) is 0.701. The Hall–Kier alpha value is -3.05. The summed E-state index contributed by atoms with van der Waals surface area (Å²) < 4.78 is 5.12. The van der Waals surface area contributed by atoms with Gasteiger partial charge in [0.1, 0.15) is 11.6 Å². The normalized spacial score (nSPS) is 10.3. The Labute approximate surface area is 163 Å². The van der Waals surface area contributed by atoms with E-state index in [9.17, 15) is 4.79 Å². The topological polar surface area (TPSA) is 54.5 Å². The lowest BCUT2D eigenvalue weighted by molar-refractivity contribution is 0.102. The minimum atomic E-state index is -0.229. The minimum Gasteiger partial charge on any atom is -0.495 e. The fraction of sp³-hybridized carbons (Fsp3) is 0.143. The lowest BCUT2D eigenvalue weighted by atomic mass is 10.2. The highest BCUT2D eigenvalue weighted by atomic mass is 35.5. The van der Waals surface area contributed by atoms with Gasteiger partial charge in [0.25, 0.3) is 5.91 Å². The molecular formula is C21H20ClN3O2. The first-order chi connectivity index (χ1) is 13.1. The van der Waals surface area contributed by atoms with E-state index in [0.29, 0.717) is 28.6 Å². The van der Waals surface area contributed by atoms with Crippen LogP contribution in [0.4, 0.5) is 11.5 Å². The zero-order valence-corrected chi connectivity index (χ0v) is 15.9. The number of pyridine rings is 1. The summed E-state index contributed by atoms with van der Waals surface area (Å²) in [5, 5.41) is 3.28. The number of aromatic nitrogens is 1. The summed E-state index contributed by atoms with van der Waals surface area (Å²) in [5.41, 5.74) is 2.29. The van der Waals surface area contributed by atoms with Crippen molar-refractivity contribution in [2.24, 2.45) is 0 Å². The van der Waals surface area contributed by atoms with Gasteiger partial charge in [-0.25, -0.2) is 4.98 Å². The highest BCUT2D eigenvalue weighted by molar-refractivity contribution is 6.32. The van der Waals surface area contributed by atoms with E-state index in [0.717, 1.165) is 5.82 Å². The molecular weight excluding hydrogens is 362 g/mol. The number of rotatable bonds is 6. The molecule has 0 aliphatic rings. The summed E-state index contributed by atoms with van der Waals surface area (Å²) in [4.78, 5) is 18.9. The largest absolute Gasteiger partial charge is 0.495 e. The van der Waals surface area contributed by atoms with Crippen LogP contribution in [0.1, 0.15) is 15.9 Å². The average molecular weight is 382 g/mol. The molecule has 0 saturated heterocycles. The van der Waals surface area contributed by atoms with Crippen LogP contribution >= 0.6 is 11.6 Å². The van der Waals surface area contributed by atoms with E-state index >= 15 is 0 Å². The molecule has 6 heteroatoms. The minimum absolute atomic E-state index is 0.229. The van der Waals surface area contributed by atoms with Crippen molar-refractivity contribution in [3.8, 4) is 5.75 Å². The zero-order valence-electron chi connectivity index (χ0n) is 15.1. The molecule has 138 valence electrons. The van der Waals surface area contributed by atoms with Crippen molar-refractivity contribution >= 4 is 29.0 Å². The molecule has 1 heterocycles. The SMILES string of the molecule is COc1ccc(NC(=O)c2ccnc(N(C)Cc3ccccc3)c2)cc1Cl. The van der Waals surface area contributed by atoms with Gasteiger partial charge in [0.05, 0.1) is 12.1 Å². The van der Waals surface area contributed by atoms with Gasteiger partial charge in [-0.1, -0.05) is 41.9 Å². The second-order valence-corrected chi connectivity index (χ2v) is 6.46. The van der Waals surface area contributed by atoms with Crippen molar-refractivity contribution in [2.75, 3.05) is 24.4 Å². The predicted octanol–water partition coefficient (Wildman–Crippen LogP) is 4.63. The fourth-order valence-electron chi connectivity index (χ4n) is 2.65. The highest BCUT2D eigenvalue weighted by Gasteiger charge is 2.11. The molecule has 3 rings (SSSR count). The van der Waals surface area contributed by atoms with E-state index in [4.69, 9.17) is 16.3 Å². The third-order valence-electron chi connectivity index (χ3n) is 4.07. The van der Waals surface area contributed by atoms with Crippen LogP contribution in [0, 0.1) is 0 Å². The molecule has 3 aromatic rings. The summed E-state index contributed by atoms with van der Waals surface area (Å²) in [6, 6.07) is 18.7. The predicted molar refractivity (Wildman–Crippen MR) is 109 cm³/mol. The van der Waals surface area contributed by atoms with Crippen molar-refractivity contribution in [2.45, 2.75) is 6.54 Å². The van der Waals surface area contributed by atoms with E-state index in [1.807, 2.05) is 30.1 Å². The van der Waals surface area contributed by atoms with Crippen LogP contribution < -0.4 is 15.0 Å². The van der Waals surface area contributed by atoms with Crippen molar-refractivity contribution in [3.05, 3.63) is 83.0 Å². The van der Waals surface area contributed by atoms with E-state index in [1.54, 1.807) is 43.6 Å². The Balaban J connectivity index is 1.72. The molecule has 0 atom stereocenters. The van der Waals surface area contributed by atoms with E-state index in [2.05, 4.69) is 22.4 Å². The molecule has 1 aromatic heterocycles. The van der Waals surface area contributed by atoms with Gasteiger partial charge in [-0.15, -0.1) is 0 Å². The third kappa shape index (κ3) is 4.77. The highest BCUT2D eigenvalue weighted by Crippen LogP contribution is 2.27. The van der Waals surface area contributed by atoms with Gasteiger partial charge < -0.3 is 15.0 Å². The number of nitrogens with one attached hydrogen (secondary N) is 1. The maximum atomic E-state index is 12.6. The van der Waals surface area contributed by atoms with Gasteiger partial charge in [0.15, 0.2) is 0 Å². The molecule has 0 aliphatic heterocycles. The third-order valence-corrected chi connectivity index (χ3v) is 4.37. The molecule has 1 amide bonds. The van der Waals surface area contributed by atoms with E-state index in [1.165, 1.54) is 5.56 Å².